The number of amides is 2. The standard InChI is InChI=1S/C15H26N2O4/c1-15(13(18)19)5-8-16(9-6-15)14(20)17-7-3-4-12(10-17)11-21-2/h12H,3-11H2,1-2H3,(H,18,19). The van der Waals surface area contributed by atoms with Crippen molar-refractivity contribution in [2.45, 2.75) is 32.6 Å². The third-order valence-electron chi connectivity index (χ3n) is 4.85. The van der Waals surface area contributed by atoms with E-state index < -0.39 is 11.4 Å². The Morgan fingerprint density at radius 2 is 1.90 bits per heavy atom. The number of ether oxygens (including phenoxy) is 1. The minimum Gasteiger partial charge on any atom is -0.481 e. The van der Waals surface area contributed by atoms with E-state index in [4.69, 9.17) is 4.74 Å². The van der Waals surface area contributed by atoms with E-state index >= 15 is 0 Å². The summed E-state index contributed by atoms with van der Waals surface area (Å²) < 4.78 is 5.19. The first-order valence-electron chi connectivity index (χ1n) is 7.72. The predicted molar refractivity (Wildman–Crippen MR) is 78.1 cm³/mol. The average Bonchev–Trinajstić information content (AvgIpc) is 2.48. The number of methoxy groups -OCH3 is 1. The summed E-state index contributed by atoms with van der Waals surface area (Å²) in [6, 6.07) is 0.0586. The summed E-state index contributed by atoms with van der Waals surface area (Å²) in [5.41, 5.74) is -0.683. The lowest BCUT2D eigenvalue weighted by Gasteiger charge is -2.41. The summed E-state index contributed by atoms with van der Waals surface area (Å²) in [7, 11) is 1.69. The van der Waals surface area contributed by atoms with Gasteiger partial charge >= 0.3 is 12.0 Å². The van der Waals surface area contributed by atoms with E-state index in [-0.39, 0.29) is 6.03 Å². The number of carbonyl (C=O) groups excluding carboxylic acids is 1. The summed E-state index contributed by atoms with van der Waals surface area (Å²) in [5.74, 6) is -0.338. The Hall–Kier alpha value is -1.30. The fraction of sp³-hybridized carbons (Fsp3) is 0.867. The number of piperidine rings is 2. The van der Waals surface area contributed by atoms with Crippen molar-refractivity contribution in [3.8, 4) is 0 Å². The minimum atomic E-state index is -0.757. The van der Waals surface area contributed by atoms with Crippen LogP contribution in [0.1, 0.15) is 32.6 Å². The molecule has 2 rings (SSSR count). The van der Waals surface area contributed by atoms with Gasteiger partial charge in [0, 0.05) is 39.2 Å². The van der Waals surface area contributed by atoms with Gasteiger partial charge in [-0.1, -0.05) is 0 Å². The highest BCUT2D eigenvalue weighted by Crippen LogP contribution is 2.31. The average molecular weight is 298 g/mol. The normalized spacial score (nSPS) is 25.7. The van der Waals surface area contributed by atoms with Crippen LogP contribution >= 0.6 is 0 Å². The molecule has 0 aromatic carbocycles. The number of carbonyl (C=O) groups is 2. The van der Waals surface area contributed by atoms with Crippen molar-refractivity contribution in [1.82, 2.24) is 9.80 Å². The van der Waals surface area contributed by atoms with E-state index in [0.717, 1.165) is 25.9 Å². The molecule has 2 fully saturated rings. The molecule has 0 spiro atoms. The molecule has 0 aliphatic carbocycles. The van der Waals surface area contributed by atoms with Crippen molar-refractivity contribution < 1.29 is 19.4 Å². The van der Waals surface area contributed by atoms with Crippen LogP contribution in [0.15, 0.2) is 0 Å². The van der Waals surface area contributed by atoms with Gasteiger partial charge in [0.1, 0.15) is 0 Å². The predicted octanol–water partition coefficient (Wildman–Crippen LogP) is 1.65. The summed E-state index contributed by atoms with van der Waals surface area (Å²) in [5, 5.41) is 9.24. The maximum Gasteiger partial charge on any atom is 0.320 e. The quantitative estimate of drug-likeness (QED) is 0.860. The first kappa shape index (κ1) is 16.1. The van der Waals surface area contributed by atoms with Crippen LogP contribution in [0.4, 0.5) is 4.79 Å². The molecule has 2 aliphatic rings. The van der Waals surface area contributed by atoms with Crippen LogP contribution in [0.5, 0.6) is 0 Å². The fourth-order valence-corrected chi connectivity index (χ4v) is 3.22. The molecule has 2 aliphatic heterocycles. The first-order valence-corrected chi connectivity index (χ1v) is 7.72. The maximum atomic E-state index is 12.5. The number of urea groups is 1. The van der Waals surface area contributed by atoms with E-state index in [1.807, 2.05) is 4.90 Å². The zero-order valence-electron chi connectivity index (χ0n) is 13.0. The molecule has 6 nitrogen and oxygen atoms in total. The molecule has 0 saturated carbocycles. The smallest absolute Gasteiger partial charge is 0.320 e. The molecular weight excluding hydrogens is 272 g/mol. The summed E-state index contributed by atoms with van der Waals surface area (Å²) in [6.45, 7) is 5.08. The lowest BCUT2D eigenvalue weighted by atomic mass is 9.80. The molecule has 0 radical (unpaired) electrons. The maximum absolute atomic E-state index is 12.5. The first-order chi connectivity index (χ1) is 9.96. The Kier molecular flexibility index (Phi) is 5.08. The molecule has 0 bridgehead atoms. The number of carboxylic acid groups (broad SMARTS) is 1. The van der Waals surface area contributed by atoms with Gasteiger partial charge in [0.25, 0.3) is 0 Å². The second-order valence-corrected chi connectivity index (χ2v) is 6.55. The topological polar surface area (TPSA) is 70.1 Å². The Morgan fingerprint density at radius 1 is 1.24 bits per heavy atom. The van der Waals surface area contributed by atoms with Gasteiger partial charge < -0.3 is 19.6 Å². The molecule has 6 heteroatoms. The van der Waals surface area contributed by atoms with Gasteiger partial charge in [-0.15, -0.1) is 0 Å². The molecule has 2 heterocycles. The van der Waals surface area contributed by atoms with E-state index in [0.29, 0.717) is 38.5 Å². The molecule has 21 heavy (non-hydrogen) atoms. The highest BCUT2D eigenvalue weighted by Gasteiger charge is 2.39. The minimum absolute atomic E-state index is 0.0586. The van der Waals surface area contributed by atoms with Crippen LogP contribution in [0.3, 0.4) is 0 Å². The number of rotatable bonds is 3. The van der Waals surface area contributed by atoms with Crippen molar-refractivity contribution in [3.05, 3.63) is 0 Å². The number of carboxylic acids is 1. The molecule has 2 saturated heterocycles. The Bertz CT molecular complexity index is 389. The van der Waals surface area contributed by atoms with Crippen molar-refractivity contribution in [1.29, 1.82) is 0 Å². The number of aliphatic carboxylic acids is 1. The van der Waals surface area contributed by atoms with E-state index in [9.17, 15) is 14.7 Å². The zero-order valence-corrected chi connectivity index (χ0v) is 13.0. The molecule has 120 valence electrons. The molecule has 0 aromatic heterocycles. The van der Waals surface area contributed by atoms with E-state index in [1.54, 1.807) is 18.9 Å². The van der Waals surface area contributed by atoms with Crippen LogP contribution in [-0.2, 0) is 9.53 Å². The van der Waals surface area contributed by atoms with Gasteiger partial charge in [0.05, 0.1) is 12.0 Å². The van der Waals surface area contributed by atoms with Gasteiger partial charge in [-0.25, -0.2) is 4.79 Å². The lowest BCUT2D eigenvalue weighted by Crippen LogP contribution is -2.52. The number of nitrogens with zero attached hydrogens (tertiary/aromatic N) is 2. The van der Waals surface area contributed by atoms with Gasteiger partial charge in [0.15, 0.2) is 0 Å². The highest BCUT2D eigenvalue weighted by molar-refractivity contribution is 5.77. The third-order valence-corrected chi connectivity index (χ3v) is 4.85. The molecule has 0 aromatic rings. The van der Waals surface area contributed by atoms with Crippen LogP contribution in [0.2, 0.25) is 0 Å². The third kappa shape index (κ3) is 3.67. The fourth-order valence-electron chi connectivity index (χ4n) is 3.22. The highest BCUT2D eigenvalue weighted by atomic mass is 16.5. The Labute approximate surface area is 126 Å². The molecule has 1 atom stereocenters. The largest absolute Gasteiger partial charge is 0.481 e. The van der Waals surface area contributed by atoms with E-state index in [2.05, 4.69) is 0 Å². The summed E-state index contributed by atoms with van der Waals surface area (Å²) >= 11 is 0. The van der Waals surface area contributed by atoms with Gasteiger partial charge in [-0.05, 0) is 32.6 Å². The lowest BCUT2D eigenvalue weighted by molar-refractivity contribution is -0.150. The molecular formula is C15H26N2O4. The van der Waals surface area contributed by atoms with E-state index in [1.165, 1.54) is 0 Å². The van der Waals surface area contributed by atoms with Gasteiger partial charge in [-0.2, -0.15) is 0 Å². The number of hydrogen-bond acceptors (Lipinski definition) is 3. The van der Waals surface area contributed by atoms with Gasteiger partial charge in [-0.3, -0.25) is 4.79 Å². The second-order valence-electron chi connectivity index (χ2n) is 6.55. The van der Waals surface area contributed by atoms with Crippen LogP contribution in [-0.4, -0.2) is 66.8 Å². The number of likely N-dealkylation sites (tertiary alicyclic amines) is 2. The van der Waals surface area contributed by atoms with Gasteiger partial charge in [0.2, 0.25) is 0 Å². The summed E-state index contributed by atoms with van der Waals surface area (Å²) in [6.07, 6.45) is 3.18. The second kappa shape index (κ2) is 6.64. The van der Waals surface area contributed by atoms with Crippen molar-refractivity contribution in [2.24, 2.45) is 11.3 Å². The Balaban J connectivity index is 1.88. The zero-order chi connectivity index (χ0) is 15.5. The van der Waals surface area contributed by atoms with Crippen LogP contribution in [0.25, 0.3) is 0 Å². The molecule has 1 N–H and O–H groups in total. The monoisotopic (exact) mass is 298 g/mol. The van der Waals surface area contributed by atoms with Crippen LogP contribution < -0.4 is 0 Å². The number of hydrogen-bond donors (Lipinski definition) is 1. The van der Waals surface area contributed by atoms with Crippen molar-refractivity contribution >= 4 is 12.0 Å². The van der Waals surface area contributed by atoms with Crippen LogP contribution in [0, 0.1) is 11.3 Å². The SMILES string of the molecule is COCC1CCCN(C(=O)N2CCC(C)(C(=O)O)CC2)C1. The summed E-state index contributed by atoms with van der Waals surface area (Å²) in [4.78, 5) is 27.5. The molecule has 2 amide bonds. The molecule has 1 unspecified atom stereocenters. The van der Waals surface area contributed by atoms with Crippen molar-refractivity contribution in [3.63, 3.8) is 0 Å². The van der Waals surface area contributed by atoms with Crippen molar-refractivity contribution in [2.75, 3.05) is 39.9 Å². The Morgan fingerprint density at radius 3 is 2.48 bits per heavy atom.